The second-order valence-corrected chi connectivity index (χ2v) is 9.97. The van der Waals surface area contributed by atoms with E-state index in [9.17, 15) is 8.42 Å². The summed E-state index contributed by atoms with van der Waals surface area (Å²) in [5.74, 6) is -2.02. The van der Waals surface area contributed by atoms with Gasteiger partial charge in [-0.3, -0.25) is 0 Å². The Morgan fingerprint density at radius 3 is 2.14 bits per heavy atom. The molecule has 2 aliphatic rings. The van der Waals surface area contributed by atoms with Crippen molar-refractivity contribution in [1.82, 2.24) is 0 Å². The Bertz CT molecular complexity index is 1170. The van der Waals surface area contributed by atoms with Gasteiger partial charge < -0.3 is 0 Å². The quantitative estimate of drug-likeness (QED) is 0.493. The number of rotatable bonds is 3. The molecule has 1 saturated carbocycles. The lowest BCUT2D eigenvalue weighted by atomic mass is 9.57. The number of para-hydroxylation sites is 1. The highest BCUT2D eigenvalue weighted by atomic mass is 79.9. The van der Waals surface area contributed by atoms with Crippen LogP contribution >= 0.6 is 15.9 Å². The van der Waals surface area contributed by atoms with E-state index in [1.807, 2.05) is 42.5 Å². The molecule has 1 fully saturated rings. The van der Waals surface area contributed by atoms with Gasteiger partial charge in [0.1, 0.15) is 0 Å². The number of benzene rings is 3. The average Bonchev–Trinajstić information content (AvgIpc) is 2.85. The molecule has 2 atom stereocenters. The third kappa shape index (κ3) is 2.10. The molecule has 6 heteroatoms. The summed E-state index contributed by atoms with van der Waals surface area (Å²) in [6.45, 7) is 0. The lowest BCUT2D eigenvalue weighted by Crippen LogP contribution is -2.64. The number of alkyl halides is 1. The van der Waals surface area contributed by atoms with Gasteiger partial charge in [-0.25, -0.2) is 17.1 Å². The van der Waals surface area contributed by atoms with Crippen molar-refractivity contribution in [3.05, 3.63) is 94.5 Å². The van der Waals surface area contributed by atoms with Crippen molar-refractivity contribution in [2.24, 2.45) is 0 Å². The van der Waals surface area contributed by atoms with Gasteiger partial charge in [0.25, 0.3) is 10.0 Å². The van der Waals surface area contributed by atoms with Gasteiger partial charge in [0, 0.05) is 10.9 Å². The highest BCUT2D eigenvalue weighted by Crippen LogP contribution is 2.67. The molecule has 5 rings (SSSR count). The molecule has 3 aromatic rings. The zero-order chi connectivity index (χ0) is 19.6. The normalized spacial score (nSPS) is 25.7. The van der Waals surface area contributed by atoms with Crippen LogP contribution in [0.2, 0.25) is 0 Å². The summed E-state index contributed by atoms with van der Waals surface area (Å²) < 4.78 is 45.6. The van der Waals surface area contributed by atoms with Crippen molar-refractivity contribution in [3.8, 4) is 0 Å². The minimum atomic E-state index is -4.07. The minimum absolute atomic E-state index is 0.0817. The number of sulfonamides is 1. The second-order valence-electron chi connectivity index (χ2n) is 7.27. The van der Waals surface area contributed by atoms with E-state index in [1.165, 1.54) is 12.1 Å². The van der Waals surface area contributed by atoms with Crippen molar-refractivity contribution in [2.45, 2.75) is 28.9 Å². The Labute approximate surface area is 172 Å². The zero-order valence-electron chi connectivity index (χ0n) is 14.8. The van der Waals surface area contributed by atoms with Gasteiger partial charge >= 0.3 is 0 Å². The van der Waals surface area contributed by atoms with Crippen molar-refractivity contribution >= 4 is 31.6 Å². The van der Waals surface area contributed by atoms with Crippen molar-refractivity contribution in [1.29, 1.82) is 0 Å². The third-order valence-electron chi connectivity index (χ3n) is 6.01. The predicted molar refractivity (Wildman–Crippen MR) is 111 cm³/mol. The predicted octanol–water partition coefficient (Wildman–Crippen LogP) is 5.40. The van der Waals surface area contributed by atoms with Crippen LogP contribution < -0.4 is 4.31 Å². The molecule has 3 nitrogen and oxygen atoms in total. The van der Waals surface area contributed by atoms with Gasteiger partial charge in [-0.1, -0.05) is 64.5 Å². The first-order chi connectivity index (χ1) is 13.4. The number of hydrogen-bond acceptors (Lipinski definition) is 2. The third-order valence-corrected chi connectivity index (χ3v) is 8.37. The molecular weight excluding hydrogens is 441 g/mol. The maximum atomic E-state index is 16.7. The topological polar surface area (TPSA) is 37.4 Å². The Morgan fingerprint density at radius 1 is 0.857 bits per heavy atom. The van der Waals surface area contributed by atoms with Gasteiger partial charge in [-0.05, 0) is 47.9 Å². The summed E-state index contributed by atoms with van der Waals surface area (Å²) in [4.78, 5) is 0.0817. The van der Waals surface area contributed by atoms with Crippen LogP contribution in [-0.4, -0.2) is 14.2 Å². The first kappa shape index (κ1) is 17.9. The molecule has 3 aromatic carbocycles. The van der Waals surface area contributed by atoms with Crippen molar-refractivity contribution < 1.29 is 12.8 Å². The maximum Gasteiger partial charge on any atom is 0.266 e. The number of nitrogens with zero attached hydrogens (tertiary/aromatic N) is 1. The molecule has 0 bridgehead atoms. The molecule has 0 N–H and O–H groups in total. The second kappa shape index (κ2) is 5.91. The van der Waals surface area contributed by atoms with Crippen LogP contribution in [0, 0.1) is 0 Å². The molecule has 0 radical (unpaired) electrons. The number of hydrogen-bond donors (Lipinski definition) is 0. The van der Waals surface area contributed by atoms with Crippen LogP contribution in [0.4, 0.5) is 10.1 Å². The minimum Gasteiger partial charge on any atom is -0.230 e. The fourth-order valence-electron chi connectivity index (χ4n) is 4.68. The first-order valence-corrected chi connectivity index (χ1v) is 11.3. The van der Waals surface area contributed by atoms with Crippen LogP contribution in [0.15, 0.2) is 88.2 Å². The van der Waals surface area contributed by atoms with Crippen LogP contribution in [0.25, 0.3) is 0 Å². The standard InChI is InChI=1S/C22H17BrFNO2S/c23-17-10-12-18(13-11-17)28(26,27)25-20-9-5-4-8-19(20)21(14-15-22(21,25)24)16-6-2-1-3-7-16/h1-13H,14-15H2/t21-,22+/m0/s1. The van der Waals surface area contributed by atoms with Crippen LogP contribution in [-0.2, 0) is 15.4 Å². The highest BCUT2D eigenvalue weighted by molar-refractivity contribution is 9.10. The van der Waals surface area contributed by atoms with Crippen LogP contribution in [0.3, 0.4) is 0 Å². The van der Waals surface area contributed by atoms with Gasteiger partial charge in [0.05, 0.1) is 16.0 Å². The molecule has 0 aromatic heterocycles. The molecule has 1 heterocycles. The molecule has 0 amide bonds. The fraction of sp³-hybridized carbons (Fsp3) is 0.182. The number of anilines is 1. The number of fused-ring (bicyclic) bond motifs is 3. The van der Waals surface area contributed by atoms with E-state index < -0.39 is 21.2 Å². The summed E-state index contributed by atoms with van der Waals surface area (Å²) in [5.41, 5.74) is 0.988. The summed E-state index contributed by atoms with van der Waals surface area (Å²) in [6.07, 6.45) is 0.725. The van der Waals surface area contributed by atoms with E-state index >= 15 is 4.39 Å². The average molecular weight is 458 g/mol. The fourth-order valence-corrected chi connectivity index (χ4v) is 6.68. The maximum absolute atomic E-state index is 16.7. The summed E-state index contributed by atoms with van der Waals surface area (Å²) in [5, 5.41) is 0. The summed E-state index contributed by atoms with van der Waals surface area (Å²) >= 11 is 3.32. The SMILES string of the molecule is O=S(=O)(c1ccc(Br)cc1)N1c2ccccc2[C@@]2(c3ccccc3)CC[C@@]12F. The van der Waals surface area contributed by atoms with E-state index in [2.05, 4.69) is 15.9 Å². The Morgan fingerprint density at radius 2 is 1.50 bits per heavy atom. The van der Waals surface area contributed by atoms with Crippen LogP contribution in [0.5, 0.6) is 0 Å². The van der Waals surface area contributed by atoms with Gasteiger partial charge in [0.15, 0.2) is 0 Å². The lowest BCUT2D eigenvalue weighted by Gasteiger charge is -2.52. The molecular formula is C22H17BrFNO2S. The van der Waals surface area contributed by atoms with Crippen molar-refractivity contribution in [3.63, 3.8) is 0 Å². The molecule has 0 saturated heterocycles. The van der Waals surface area contributed by atoms with E-state index in [0.29, 0.717) is 12.1 Å². The summed E-state index contributed by atoms with van der Waals surface area (Å²) in [7, 11) is -4.07. The lowest BCUT2D eigenvalue weighted by molar-refractivity contribution is 0.00249. The Balaban J connectivity index is 1.76. The van der Waals surface area contributed by atoms with E-state index in [-0.39, 0.29) is 11.3 Å². The van der Waals surface area contributed by atoms with E-state index in [4.69, 9.17) is 0 Å². The highest BCUT2D eigenvalue weighted by Gasteiger charge is 2.72. The molecule has 1 aliphatic heterocycles. The summed E-state index contributed by atoms with van der Waals surface area (Å²) in [6, 6.07) is 22.9. The van der Waals surface area contributed by atoms with Crippen molar-refractivity contribution in [2.75, 3.05) is 4.31 Å². The van der Waals surface area contributed by atoms with E-state index in [0.717, 1.165) is 19.9 Å². The molecule has 0 spiro atoms. The zero-order valence-corrected chi connectivity index (χ0v) is 17.3. The van der Waals surface area contributed by atoms with Gasteiger partial charge in [-0.15, -0.1) is 0 Å². The monoisotopic (exact) mass is 457 g/mol. The van der Waals surface area contributed by atoms with Gasteiger partial charge in [-0.2, -0.15) is 0 Å². The Hall–Kier alpha value is -2.18. The molecule has 0 unspecified atom stereocenters. The van der Waals surface area contributed by atoms with E-state index in [1.54, 1.807) is 24.3 Å². The molecule has 142 valence electrons. The molecule has 28 heavy (non-hydrogen) atoms. The smallest absolute Gasteiger partial charge is 0.230 e. The molecule has 1 aliphatic carbocycles. The largest absolute Gasteiger partial charge is 0.266 e. The Kier molecular flexibility index (Phi) is 3.77. The first-order valence-electron chi connectivity index (χ1n) is 9.06. The van der Waals surface area contributed by atoms with Crippen LogP contribution in [0.1, 0.15) is 24.0 Å². The van der Waals surface area contributed by atoms with Gasteiger partial charge in [0.2, 0.25) is 5.79 Å². The number of halogens is 2.